The van der Waals surface area contributed by atoms with E-state index in [4.69, 9.17) is 11.6 Å². The number of carbonyl (C=O) groups excluding carboxylic acids is 1. The summed E-state index contributed by atoms with van der Waals surface area (Å²) in [6, 6.07) is 0.0741. The first-order valence-corrected chi connectivity index (χ1v) is 8.39. The van der Waals surface area contributed by atoms with Gasteiger partial charge >= 0.3 is 0 Å². The molecule has 4 nitrogen and oxygen atoms in total. The number of rotatable bonds is 5. The molecular weight excluding hydrogens is 274 g/mol. The Balaban J connectivity index is 2.88. The predicted octanol–water partition coefficient (Wildman–Crippen LogP) is 2.37. The van der Waals surface area contributed by atoms with E-state index in [1.54, 1.807) is 18.2 Å². The maximum absolute atomic E-state index is 12.4. The zero-order valence-electron chi connectivity index (χ0n) is 11.3. The van der Waals surface area contributed by atoms with Crippen LogP contribution in [0.2, 0.25) is 0 Å². The molecule has 1 unspecified atom stereocenters. The Kier molecular flexibility index (Phi) is 5.21. The zero-order chi connectivity index (χ0) is 14.0. The quantitative estimate of drug-likeness (QED) is 0.732. The molecule has 0 spiro atoms. The van der Waals surface area contributed by atoms with Gasteiger partial charge in [-0.15, -0.1) is 0 Å². The molecule has 0 aromatic heterocycles. The standard InChI is InChI=1S/C12H22ClNO3S/c1-4-10-7-5-6-8-14(10)18(16,17)9-12(2,3)11(13)15/h10H,4-9H2,1-3H3. The van der Waals surface area contributed by atoms with Crippen LogP contribution in [0.25, 0.3) is 0 Å². The summed E-state index contributed by atoms with van der Waals surface area (Å²) in [6.45, 7) is 5.71. The average Bonchev–Trinajstić information content (AvgIpc) is 2.27. The van der Waals surface area contributed by atoms with E-state index >= 15 is 0 Å². The normalized spacial score (nSPS) is 23.0. The van der Waals surface area contributed by atoms with Gasteiger partial charge in [0.1, 0.15) is 0 Å². The fourth-order valence-electron chi connectivity index (χ4n) is 2.34. The van der Waals surface area contributed by atoms with Crippen LogP contribution in [0, 0.1) is 5.41 Å². The summed E-state index contributed by atoms with van der Waals surface area (Å²) in [6.07, 6.45) is 3.69. The monoisotopic (exact) mass is 295 g/mol. The number of hydrogen-bond donors (Lipinski definition) is 0. The van der Waals surface area contributed by atoms with Crippen molar-refractivity contribution in [3.63, 3.8) is 0 Å². The van der Waals surface area contributed by atoms with E-state index in [1.165, 1.54) is 0 Å². The zero-order valence-corrected chi connectivity index (χ0v) is 12.9. The van der Waals surface area contributed by atoms with E-state index < -0.39 is 20.7 Å². The second-order valence-electron chi connectivity index (χ2n) is 5.58. The van der Waals surface area contributed by atoms with Gasteiger partial charge in [-0.2, -0.15) is 4.31 Å². The molecule has 0 bridgehead atoms. The number of halogens is 1. The van der Waals surface area contributed by atoms with E-state index in [1.807, 2.05) is 6.92 Å². The van der Waals surface area contributed by atoms with Gasteiger partial charge in [0, 0.05) is 12.6 Å². The largest absolute Gasteiger partial charge is 0.281 e. The highest BCUT2D eigenvalue weighted by Gasteiger charge is 2.38. The molecule has 0 aliphatic carbocycles. The summed E-state index contributed by atoms with van der Waals surface area (Å²) >= 11 is 5.46. The van der Waals surface area contributed by atoms with Crippen LogP contribution in [-0.4, -0.2) is 36.3 Å². The first kappa shape index (κ1) is 15.9. The molecule has 0 saturated carbocycles. The molecule has 18 heavy (non-hydrogen) atoms. The van der Waals surface area contributed by atoms with Crippen molar-refractivity contribution in [3.8, 4) is 0 Å². The van der Waals surface area contributed by atoms with E-state index in [9.17, 15) is 13.2 Å². The molecular formula is C12H22ClNO3S. The molecule has 0 amide bonds. The minimum absolute atomic E-state index is 0.0741. The van der Waals surface area contributed by atoms with Crippen LogP contribution in [0.1, 0.15) is 46.5 Å². The van der Waals surface area contributed by atoms with Gasteiger partial charge in [0.05, 0.1) is 11.2 Å². The molecule has 1 rings (SSSR count). The van der Waals surface area contributed by atoms with Crippen molar-refractivity contribution in [1.29, 1.82) is 0 Å². The van der Waals surface area contributed by atoms with Gasteiger partial charge < -0.3 is 0 Å². The van der Waals surface area contributed by atoms with Crippen LogP contribution in [0.15, 0.2) is 0 Å². The van der Waals surface area contributed by atoms with Gasteiger partial charge in [0.2, 0.25) is 15.3 Å². The fourth-order valence-corrected chi connectivity index (χ4v) is 4.81. The highest BCUT2D eigenvalue weighted by molar-refractivity contribution is 7.89. The molecule has 0 radical (unpaired) electrons. The maximum atomic E-state index is 12.4. The lowest BCUT2D eigenvalue weighted by Crippen LogP contribution is -2.47. The van der Waals surface area contributed by atoms with Crippen molar-refractivity contribution in [2.24, 2.45) is 5.41 Å². The van der Waals surface area contributed by atoms with Gasteiger partial charge in [-0.1, -0.05) is 27.2 Å². The van der Waals surface area contributed by atoms with Gasteiger partial charge in [-0.3, -0.25) is 4.79 Å². The van der Waals surface area contributed by atoms with Crippen LogP contribution in [0.5, 0.6) is 0 Å². The molecule has 0 aromatic rings. The van der Waals surface area contributed by atoms with E-state index in [0.717, 1.165) is 25.7 Å². The van der Waals surface area contributed by atoms with Crippen molar-refractivity contribution in [2.45, 2.75) is 52.5 Å². The van der Waals surface area contributed by atoms with Crippen molar-refractivity contribution < 1.29 is 13.2 Å². The Morgan fingerprint density at radius 2 is 2.00 bits per heavy atom. The van der Waals surface area contributed by atoms with Crippen molar-refractivity contribution in [2.75, 3.05) is 12.3 Å². The van der Waals surface area contributed by atoms with Crippen LogP contribution in [0.4, 0.5) is 0 Å². The second kappa shape index (κ2) is 5.88. The molecule has 1 aliphatic heterocycles. The van der Waals surface area contributed by atoms with Gasteiger partial charge in [0.25, 0.3) is 0 Å². The number of carbonyl (C=O) groups is 1. The third-order valence-electron chi connectivity index (χ3n) is 3.48. The van der Waals surface area contributed by atoms with Crippen LogP contribution < -0.4 is 0 Å². The second-order valence-corrected chi connectivity index (χ2v) is 7.85. The summed E-state index contributed by atoms with van der Waals surface area (Å²) in [5, 5.41) is -0.601. The summed E-state index contributed by atoms with van der Waals surface area (Å²) in [4.78, 5) is 11.3. The molecule has 6 heteroatoms. The molecule has 106 valence electrons. The maximum Gasteiger partial charge on any atom is 0.228 e. The number of sulfonamides is 1. The number of piperidine rings is 1. The summed E-state index contributed by atoms with van der Waals surface area (Å²) < 4.78 is 26.3. The van der Waals surface area contributed by atoms with E-state index in [2.05, 4.69) is 0 Å². The minimum Gasteiger partial charge on any atom is -0.281 e. The van der Waals surface area contributed by atoms with Crippen molar-refractivity contribution in [1.82, 2.24) is 4.31 Å². The minimum atomic E-state index is -3.42. The third-order valence-corrected chi connectivity index (χ3v) is 6.27. The topological polar surface area (TPSA) is 54.5 Å². The van der Waals surface area contributed by atoms with E-state index in [0.29, 0.717) is 6.54 Å². The Morgan fingerprint density at radius 1 is 1.39 bits per heavy atom. The molecule has 1 heterocycles. The smallest absolute Gasteiger partial charge is 0.228 e. The van der Waals surface area contributed by atoms with Gasteiger partial charge in [0.15, 0.2) is 0 Å². The van der Waals surface area contributed by atoms with Crippen LogP contribution in [0.3, 0.4) is 0 Å². The first-order chi connectivity index (χ1) is 8.20. The Morgan fingerprint density at radius 3 is 2.50 bits per heavy atom. The summed E-state index contributed by atoms with van der Waals surface area (Å²) in [5.41, 5.74) is -1.03. The summed E-state index contributed by atoms with van der Waals surface area (Å²) in [5.74, 6) is -0.209. The predicted molar refractivity (Wildman–Crippen MR) is 73.1 cm³/mol. The molecule has 1 aliphatic rings. The molecule has 1 saturated heterocycles. The van der Waals surface area contributed by atoms with Crippen LogP contribution >= 0.6 is 11.6 Å². The highest BCUT2D eigenvalue weighted by atomic mass is 35.5. The Labute approximate surface area is 115 Å². The van der Waals surface area contributed by atoms with Crippen molar-refractivity contribution >= 4 is 26.9 Å². The third kappa shape index (κ3) is 3.68. The molecule has 1 atom stereocenters. The SMILES string of the molecule is CCC1CCCCN1S(=O)(=O)CC(C)(C)C(=O)Cl. The van der Waals surface area contributed by atoms with Gasteiger partial charge in [-0.25, -0.2) is 8.42 Å². The lowest BCUT2D eigenvalue weighted by molar-refractivity contribution is -0.118. The lowest BCUT2D eigenvalue weighted by atomic mass is 9.99. The Hall–Kier alpha value is -0.130. The van der Waals surface area contributed by atoms with Gasteiger partial charge in [-0.05, 0) is 30.9 Å². The molecule has 0 N–H and O–H groups in total. The highest BCUT2D eigenvalue weighted by Crippen LogP contribution is 2.28. The lowest BCUT2D eigenvalue weighted by Gasteiger charge is -2.35. The molecule has 0 aromatic carbocycles. The number of nitrogens with zero attached hydrogens (tertiary/aromatic N) is 1. The Bertz CT molecular complexity index is 406. The molecule has 1 fully saturated rings. The average molecular weight is 296 g/mol. The fraction of sp³-hybridized carbons (Fsp3) is 0.917. The number of hydrogen-bond acceptors (Lipinski definition) is 3. The van der Waals surface area contributed by atoms with E-state index in [-0.39, 0.29) is 11.8 Å². The van der Waals surface area contributed by atoms with Crippen LogP contribution in [-0.2, 0) is 14.8 Å². The van der Waals surface area contributed by atoms with Crippen molar-refractivity contribution in [3.05, 3.63) is 0 Å². The first-order valence-electron chi connectivity index (χ1n) is 6.40. The summed E-state index contributed by atoms with van der Waals surface area (Å²) in [7, 11) is -3.42.